The number of nitrogens with one attached hydrogen (secondary N) is 2. The maximum atomic E-state index is 12.7. The quantitative estimate of drug-likeness (QED) is 0.870. The molecule has 0 saturated heterocycles. The summed E-state index contributed by atoms with van der Waals surface area (Å²) in [7, 11) is -2.48. The molecule has 0 radical (unpaired) electrons. The second-order valence-electron chi connectivity index (χ2n) is 4.14. The van der Waals surface area contributed by atoms with Crippen LogP contribution in [0.2, 0.25) is 0 Å². The maximum Gasteiger partial charge on any atom is 0.287 e. The number of sulfonamides is 1. The first-order chi connectivity index (χ1) is 9.92. The van der Waals surface area contributed by atoms with E-state index in [2.05, 4.69) is 10.0 Å². The predicted octanol–water partition coefficient (Wildman–Crippen LogP) is 1.26. The Morgan fingerprint density at radius 3 is 2.48 bits per heavy atom. The van der Waals surface area contributed by atoms with E-state index in [1.807, 2.05) is 0 Å². The van der Waals surface area contributed by atoms with Crippen LogP contribution in [0.25, 0.3) is 0 Å². The first-order valence-electron chi connectivity index (χ1n) is 5.98. The summed E-state index contributed by atoms with van der Waals surface area (Å²) in [6.07, 6.45) is 0. The Balaban J connectivity index is 2.02. The van der Waals surface area contributed by atoms with Crippen molar-refractivity contribution in [3.63, 3.8) is 0 Å². The molecule has 1 aromatic heterocycles. The van der Waals surface area contributed by atoms with Crippen molar-refractivity contribution >= 4 is 15.9 Å². The van der Waals surface area contributed by atoms with Gasteiger partial charge in [0, 0.05) is 6.54 Å². The van der Waals surface area contributed by atoms with Gasteiger partial charge in [0.25, 0.3) is 15.9 Å². The van der Waals surface area contributed by atoms with Gasteiger partial charge in [0.15, 0.2) is 5.76 Å². The fraction of sp³-hybridized carbons (Fsp3) is 0.154. The summed E-state index contributed by atoms with van der Waals surface area (Å²) in [5.41, 5.74) is 0.708. The van der Waals surface area contributed by atoms with Crippen molar-refractivity contribution in [2.45, 2.75) is 11.6 Å². The second-order valence-corrected chi connectivity index (χ2v) is 5.95. The van der Waals surface area contributed by atoms with Gasteiger partial charge < -0.3 is 9.73 Å². The molecule has 0 atom stereocenters. The van der Waals surface area contributed by atoms with Gasteiger partial charge in [-0.25, -0.2) is 17.5 Å². The number of carbonyl (C=O) groups excluding carboxylic acids is 1. The van der Waals surface area contributed by atoms with Gasteiger partial charge in [0.05, 0.1) is 0 Å². The highest BCUT2D eigenvalue weighted by molar-refractivity contribution is 7.89. The molecular formula is C13H13FN2O4S. The molecule has 0 fully saturated rings. The molecule has 2 N–H and O–H groups in total. The normalized spacial score (nSPS) is 11.3. The van der Waals surface area contributed by atoms with Crippen molar-refractivity contribution < 1.29 is 22.0 Å². The molecule has 0 aliphatic heterocycles. The van der Waals surface area contributed by atoms with E-state index in [1.54, 1.807) is 0 Å². The van der Waals surface area contributed by atoms with Gasteiger partial charge in [0.1, 0.15) is 5.82 Å². The van der Waals surface area contributed by atoms with Crippen LogP contribution in [0, 0.1) is 5.82 Å². The van der Waals surface area contributed by atoms with Crippen molar-refractivity contribution in [3.8, 4) is 0 Å². The monoisotopic (exact) mass is 312 g/mol. The van der Waals surface area contributed by atoms with E-state index in [-0.39, 0.29) is 23.2 Å². The Morgan fingerprint density at radius 1 is 1.19 bits per heavy atom. The van der Waals surface area contributed by atoms with Gasteiger partial charge in [-0.15, -0.1) is 0 Å². The number of rotatable bonds is 5. The average Bonchev–Trinajstić information content (AvgIpc) is 2.97. The molecule has 21 heavy (non-hydrogen) atoms. The van der Waals surface area contributed by atoms with E-state index in [9.17, 15) is 17.6 Å². The Bertz CT molecular complexity index is 738. The van der Waals surface area contributed by atoms with E-state index in [0.29, 0.717) is 5.56 Å². The Hall–Kier alpha value is -2.19. The maximum absolute atomic E-state index is 12.7. The zero-order valence-electron chi connectivity index (χ0n) is 11.1. The fourth-order valence-corrected chi connectivity index (χ4v) is 2.21. The van der Waals surface area contributed by atoms with Gasteiger partial charge in [0.2, 0.25) is 5.09 Å². The summed E-state index contributed by atoms with van der Waals surface area (Å²) in [4.78, 5) is 11.8. The molecule has 6 nitrogen and oxygen atoms in total. The molecular weight excluding hydrogens is 299 g/mol. The predicted molar refractivity (Wildman–Crippen MR) is 72.5 cm³/mol. The first-order valence-corrected chi connectivity index (χ1v) is 7.47. The fourth-order valence-electron chi connectivity index (χ4n) is 1.56. The van der Waals surface area contributed by atoms with Gasteiger partial charge in [-0.2, -0.15) is 0 Å². The van der Waals surface area contributed by atoms with Crippen LogP contribution in [0.5, 0.6) is 0 Å². The lowest BCUT2D eigenvalue weighted by Gasteiger charge is -2.03. The van der Waals surface area contributed by atoms with Crippen molar-refractivity contribution in [2.24, 2.45) is 0 Å². The Kier molecular flexibility index (Phi) is 4.39. The minimum Gasteiger partial charge on any atom is -0.438 e. The number of amides is 1. The molecule has 0 unspecified atom stereocenters. The van der Waals surface area contributed by atoms with Crippen molar-refractivity contribution in [2.75, 3.05) is 7.05 Å². The molecule has 2 rings (SSSR count). The standard InChI is InChI=1S/C13H13FN2O4S/c1-15-21(18,19)12-7-6-11(20-12)13(17)16-8-9-2-4-10(14)5-3-9/h2-7,15H,8H2,1H3,(H,16,17). The molecule has 2 aromatic rings. The zero-order valence-corrected chi connectivity index (χ0v) is 11.9. The third-order valence-electron chi connectivity index (χ3n) is 2.71. The highest BCUT2D eigenvalue weighted by Crippen LogP contribution is 2.13. The number of carbonyl (C=O) groups is 1. The topological polar surface area (TPSA) is 88.4 Å². The lowest BCUT2D eigenvalue weighted by Crippen LogP contribution is -2.22. The highest BCUT2D eigenvalue weighted by atomic mass is 32.2. The zero-order chi connectivity index (χ0) is 15.5. The van der Waals surface area contributed by atoms with Crippen LogP contribution in [0.15, 0.2) is 45.9 Å². The van der Waals surface area contributed by atoms with Crippen LogP contribution in [-0.2, 0) is 16.6 Å². The molecule has 0 aliphatic rings. The van der Waals surface area contributed by atoms with Crippen molar-refractivity contribution in [3.05, 3.63) is 53.5 Å². The Labute approximate surface area is 121 Å². The number of halogens is 1. The molecule has 0 bridgehead atoms. The smallest absolute Gasteiger partial charge is 0.287 e. The third kappa shape index (κ3) is 3.67. The number of hydrogen-bond acceptors (Lipinski definition) is 4. The van der Waals surface area contributed by atoms with E-state index >= 15 is 0 Å². The minimum atomic E-state index is -3.72. The van der Waals surface area contributed by atoms with Crippen molar-refractivity contribution in [1.29, 1.82) is 0 Å². The van der Waals surface area contributed by atoms with Gasteiger partial charge >= 0.3 is 0 Å². The van der Waals surface area contributed by atoms with Crippen LogP contribution in [0.1, 0.15) is 16.1 Å². The molecule has 0 aliphatic carbocycles. The molecule has 0 saturated carbocycles. The lowest BCUT2D eigenvalue weighted by molar-refractivity contribution is 0.0918. The summed E-state index contributed by atoms with van der Waals surface area (Å²) < 4.78 is 42.8. The number of benzene rings is 1. The highest BCUT2D eigenvalue weighted by Gasteiger charge is 2.19. The van der Waals surface area contributed by atoms with Gasteiger partial charge in [-0.1, -0.05) is 12.1 Å². The number of hydrogen-bond donors (Lipinski definition) is 2. The average molecular weight is 312 g/mol. The van der Waals surface area contributed by atoms with Crippen LogP contribution >= 0.6 is 0 Å². The lowest BCUT2D eigenvalue weighted by atomic mass is 10.2. The summed E-state index contributed by atoms with van der Waals surface area (Å²) in [5.74, 6) is -1.04. The Morgan fingerprint density at radius 2 is 1.86 bits per heavy atom. The summed E-state index contributed by atoms with van der Waals surface area (Å²) in [6, 6.07) is 8.10. The van der Waals surface area contributed by atoms with Crippen LogP contribution in [-0.4, -0.2) is 21.4 Å². The van der Waals surface area contributed by atoms with Crippen LogP contribution in [0.4, 0.5) is 4.39 Å². The second kappa shape index (κ2) is 6.06. The summed E-state index contributed by atoms with van der Waals surface area (Å²) in [5, 5.41) is 2.21. The molecule has 1 aromatic carbocycles. The molecule has 112 valence electrons. The summed E-state index contributed by atoms with van der Waals surface area (Å²) >= 11 is 0. The van der Waals surface area contributed by atoms with E-state index in [1.165, 1.54) is 43.4 Å². The molecule has 1 amide bonds. The van der Waals surface area contributed by atoms with Gasteiger partial charge in [-0.05, 0) is 36.9 Å². The molecule has 1 heterocycles. The first kappa shape index (κ1) is 15.2. The molecule has 8 heteroatoms. The van der Waals surface area contributed by atoms with Crippen molar-refractivity contribution in [1.82, 2.24) is 10.0 Å². The van der Waals surface area contributed by atoms with E-state index in [4.69, 9.17) is 4.42 Å². The van der Waals surface area contributed by atoms with Crippen LogP contribution in [0.3, 0.4) is 0 Å². The van der Waals surface area contributed by atoms with Gasteiger partial charge in [-0.3, -0.25) is 4.79 Å². The minimum absolute atomic E-state index is 0.120. The van der Waals surface area contributed by atoms with Crippen LogP contribution < -0.4 is 10.0 Å². The summed E-state index contributed by atoms with van der Waals surface area (Å²) in [6.45, 7) is 0.175. The van der Waals surface area contributed by atoms with E-state index < -0.39 is 15.9 Å². The SMILES string of the molecule is CNS(=O)(=O)c1ccc(C(=O)NCc2ccc(F)cc2)o1. The largest absolute Gasteiger partial charge is 0.438 e. The molecule has 0 spiro atoms. The van der Waals surface area contributed by atoms with E-state index in [0.717, 1.165) is 0 Å². The third-order valence-corrected chi connectivity index (χ3v) is 3.99. The number of furan rings is 1.